The fraction of sp³-hybridized carbons (Fsp3) is 0.636. The number of carbonyl (C=O) groups is 1. The molecule has 1 rings (SSSR count). The number of aromatic nitrogens is 1. The number of rotatable bonds is 7. The van der Waals surface area contributed by atoms with Crippen molar-refractivity contribution in [2.45, 2.75) is 24.1 Å². The Labute approximate surface area is 110 Å². The van der Waals surface area contributed by atoms with Gasteiger partial charge in [0.05, 0.1) is 12.1 Å². The zero-order valence-electron chi connectivity index (χ0n) is 10.4. The van der Waals surface area contributed by atoms with Gasteiger partial charge in [0.15, 0.2) is 0 Å². The predicted molar refractivity (Wildman–Crippen MR) is 72.1 cm³/mol. The highest BCUT2D eigenvalue weighted by molar-refractivity contribution is 8.01. The van der Waals surface area contributed by atoms with Crippen LogP contribution in [0.3, 0.4) is 0 Å². The van der Waals surface area contributed by atoms with Crippen molar-refractivity contribution in [3.63, 3.8) is 0 Å². The summed E-state index contributed by atoms with van der Waals surface area (Å²) in [5, 5.41) is 8.74. The van der Waals surface area contributed by atoms with Crippen LogP contribution < -0.4 is 0 Å². The van der Waals surface area contributed by atoms with Crippen LogP contribution in [0.4, 0.5) is 0 Å². The molecule has 0 saturated heterocycles. The van der Waals surface area contributed by atoms with Gasteiger partial charge < -0.3 is 10.0 Å². The quantitative estimate of drug-likeness (QED) is 0.610. The molecule has 0 saturated carbocycles. The molecule has 0 amide bonds. The number of carboxylic acids is 1. The van der Waals surface area contributed by atoms with Crippen LogP contribution in [0.1, 0.15) is 17.0 Å². The molecule has 4 nitrogen and oxygen atoms in total. The molecular formula is C11H18N2O2S2. The SMILES string of the molecule is Cc1nc(SCCCN(C)C)sc1CC(=O)O. The molecule has 17 heavy (non-hydrogen) atoms. The van der Waals surface area contributed by atoms with E-state index in [9.17, 15) is 4.79 Å². The van der Waals surface area contributed by atoms with Crippen molar-refractivity contribution in [3.8, 4) is 0 Å². The van der Waals surface area contributed by atoms with Crippen molar-refractivity contribution in [2.24, 2.45) is 0 Å². The molecule has 0 aromatic carbocycles. The average molecular weight is 274 g/mol. The second-order valence-electron chi connectivity index (χ2n) is 4.06. The first-order valence-corrected chi connectivity index (χ1v) is 7.25. The second-order valence-corrected chi connectivity index (χ2v) is 6.49. The van der Waals surface area contributed by atoms with E-state index in [1.165, 1.54) is 11.3 Å². The van der Waals surface area contributed by atoms with Crippen LogP contribution in [0.5, 0.6) is 0 Å². The van der Waals surface area contributed by atoms with Gasteiger partial charge in [-0.25, -0.2) is 4.98 Å². The number of aryl methyl sites for hydroxylation is 1. The van der Waals surface area contributed by atoms with E-state index < -0.39 is 5.97 Å². The molecule has 0 atom stereocenters. The summed E-state index contributed by atoms with van der Waals surface area (Å²) in [5.41, 5.74) is 0.854. The van der Waals surface area contributed by atoms with Crippen LogP contribution >= 0.6 is 23.1 Å². The standard InChI is InChI=1S/C11H18N2O2S2/c1-8-9(7-10(14)15)17-11(12-8)16-6-4-5-13(2)3/h4-7H2,1-3H3,(H,14,15). The Hall–Kier alpha value is -0.590. The lowest BCUT2D eigenvalue weighted by Gasteiger charge is -2.07. The fourth-order valence-corrected chi connectivity index (χ4v) is 3.52. The van der Waals surface area contributed by atoms with Crippen LogP contribution in [-0.2, 0) is 11.2 Å². The molecule has 0 fully saturated rings. The monoisotopic (exact) mass is 274 g/mol. The van der Waals surface area contributed by atoms with Gasteiger partial charge in [-0.3, -0.25) is 4.79 Å². The number of hydrogen-bond donors (Lipinski definition) is 1. The van der Waals surface area contributed by atoms with Gasteiger partial charge in [-0.05, 0) is 34.0 Å². The molecular weight excluding hydrogens is 256 g/mol. The van der Waals surface area contributed by atoms with Gasteiger partial charge in [0.1, 0.15) is 4.34 Å². The summed E-state index contributed by atoms with van der Waals surface area (Å²) >= 11 is 3.22. The van der Waals surface area contributed by atoms with E-state index >= 15 is 0 Å². The van der Waals surface area contributed by atoms with Gasteiger partial charge >= 0.3 is 5.97 Å². The van der Waals surface area contributed by atoms with Crippen LogP contribution in [0, 0.1) is 6.92 Å². The highest BCUT2D eigenvalue weighted by Crippen LogP contribution is 2.27. The first kappa shape index (κ1) is 14.5. The fourth-order valence-electron chi connectivity index (χ4n) is 1.30. The Morgan fingerprint density at radius 3 is 2.82 bits per heavy atom. The third kappa shape index (κ3) is 5.52. The zero-order valence-corrected chi connectivity index (χ0v) is 12.0. The summed E-state index contributed by atoms with van der Waals surface area (Å²) in [4.78, 5) is 18.0. The summed E-state index contributed by atoms with van der Waals surface area (Å²) in [7, 11) is 4.12. The number of carboxylic acid groups (broad SMARTS) is 1. The topological polar surface area (TPSA) is 53.4 Å². The van der Waals surface area contributed by atoms with Crippen LogP contribution in [-0.4, -0.2) is 47.4 Å². The Balaban J connectivity index is 2.41. The van der Waals surface area contributed by atoms with E-state index in [-0.39, 0.29) is 6.42 Å². The van der Waals surface area contributed by atoms with Gasteiger partial charge in [0, 0.05) is 10.6 Å². The largest absolute Gasteiger partial charge is 0.481 e. The maximum atomic E-state index is 10.6. The van der Waals surface area contributed by atoms with Crippen LogP contribution in [0.25, 0.3) is 0 Å². The molecule has 1 heterocycles. The summed E-state index contributed by atoms with van der Waals surface area (Å²) in [5.74, 6) is 0.235. The molecule has 96 valence electrons. The lowest BCUT2D eigenvalue weighted by molar-refractivity contribution is -0.136. The minimum Gasteiger partial charge on any atom is -0.481 e. The number of thiazole rings is 1. The normalized spacial score (nSPS) is 11.1. The third-order valence-corrected chi connectivity index (χ3v) is 4.55. The Morgan fingerprint density at radius 2 is 2.24 bits per heavy atom. The molecule has 0 radical (unpaired) electrons. The van der Waals surface area contributed by atoms with Gasteiger partial charge in [-0.15, -0.1) is 11.3 Å². The molecule has 0 spiro atoms. The van der Waals surface area contributed by atoms with E-state index in [2.05, 4.69) is 24.0 Å². The lowest BCUT2D eigenvalue weighted by Crippen LogP contribution is -2.13. The molecule has 1 aromatic heterocycles. The molecule has 0 bridgehead atoms. The van der Waals surface area contributed by atoms with Gasteiger partial charge in [0.2, 0.25) is 0 Å². The van der Waals surface area contributed by atoms with Crippen molar-refractivity contribution in [1.29, 1.82) is 0 Å². The average Bonchev–Trinajstić information content (AvgIpc) is 2.53. The second kappa shape index (κ2) is 6.98. The summed E-state index contributed by atoms with van der Waals surface area (Å²) < 4.78 is 0.984. The van der Waals surface area contributed by atoms with E-state index in [0.717, 1.165) is 33.6 Å². The van der Waals surface area contributed by atoms with E-state index in [1.807, 2.05) is 6.92 Å². The summed E-state index contributed by atoms with van der Waals surface area (Å²) in [6.07, 6.45) is 1.20. The van der Waals surface area contributed by atoms with Crippen molar-refractivity contribution < 1.29 is 9.90 Å². The number of nitrogens with zero attached hydrogens (tertiary/aromatic N) is 2. The number of hydrogen-bond acceptors (Lipinski definition) is 5. The number of aliphatic carboxylic acids is 1. The molecule has 6 heteroatoms. The highest BCUT2D eigenvalue weighted by atomic mass is 32.2. The van der Waals surface area contributed by atoms with Gasteiger partial charge in [-0.1, -0.05) is 11.8 Å². The summed E-state index contributed by atoms with van der Waals surface area (Å²) in [6, 6.07) is 0. The minimum atomic E-state index is -0.791. The van der Waals surface area contributed by atoms with E-state index in [4.69, 9.17) is 5.11 Å². The predicted octanol–water partition coefficient (Wildman–Crippen LogP) is 2.12. The Bertz CT molecular complexity index is 378. The van der Waals surface area contributed by atoms with Gasteiger partial charge in [-0.2, -0.15) is 0 Å². The zero-order chi connectivity index (χ0) is 12.8. The lowest BCUT2D eigenvalue weighted by atomic mass is 10.3. The highest BCUT2D eigenvalue weighted by Gasteiger charge is 2.10. The molecule has 0 aliphatic heterocycles. The maximum Gasteiger partial charge on any atom is 0.308 e. The first-order chi connectivity index (χ1) is 7.99. The third-order valence-electron chi connectivity index (χ3n) is 2.16. The molecule has 0 aliphatic rings. The Kier molecular flexibility index (Phi) is 5.94. The minimum absolute atomic E-state index is 0.0851. The molecule has 0 aliphatic carbocycles. The van der Waals surface area contributed by atoms with E-state index in [0.29, 0.717) is 0 Å². The van der Waals surface area contributed by atoms with Crippen LogP contribution in [0.15, 0.2) is 4.34 Å². The van der Waals surface area contributed by atoms with E-state index in [1.54, 1.807) is 11.8 Å². The van der Waals surface area contributed by atoms with Crippen molar-refractivity contribution >= 4 is 29.1 Å². The molecule has 0 unspecified atom stereocenters. The van der Waals surface area contributed by atoms with Crippen molar-refractivity contribution in [3.05, 3.63) is 10.6 Å². The smallest absolute Gasteiger partial charge is 0.308 e. The maximum absolute atomic E-state index is 10.6. The summed E-state index contributed by atoms with van der Waals surface area (Å²) in [6.45, 7) is 2.94. The van der Waals surface area contributed by atoms with Crippen molar-refractivity contribution in [2.75, 3.05) is 26.4 Å². The number of thioether (sulfide) groups is 1. The first-order valence-electron chi connectivity index (χ1n) is 5.44. The van der Waals surface area contributed by atoms with Crippen LogP contribution in [0.2, 0.25) is 0 Å². The van der Waals surface area contributed by atoms with Crippen molar-refractivity contribution in [1.82, 2.24) is 9.88 Å². The van der Waals surface area contributed by atoms with Gasteiger partial charge in [0.25, 0.3) is 0 Å². The molecule has 1 N–H and O–H groups in total. The molecule has 1 aromatic rings. The Morgan fingerprint density at radius 1 is 1.53 bits per heavy atom.